The van der Waals surface area contributed by atoms with Gasteiger partial charge in [-0.15, -0.1) is 23.7 Å². The van der Waals surface area contributed by atoms with Gasteiger partial charge in [-0.05, 0) is 57.1 Å². The molecule has 1 fully saturated rings. The number of aromatic nitrogens is 1. The monoisotopic (exact) mass is 411 g/mol. The van der Waals surface area contributed by atoms with Gasteiger partial charge in [0.2, 0.25) is 5.91 Å². The smallest absolute Gasteiger partial charge is 0.234 e. The van der Waals surface area contributed by atoms with Gasteiger partial charge in [0.1, 0.15) is 5.75 Å². The van der Waals surface area contributed by atoms with Gasteiger partial charge < -0.3 is 20.1 Å². The summed E-state index contributed by atoms with van der Waals surface area (Å²) < 4.78 is 10.8. The molecule has 0 saturated carbocycles. The first-order valence-electron chi connectivity index (χ1n) is 8.87. The van der Waals surface area contributed by atoms with Gasteiger partial charge >= 0.3 is 0 Å². The minimum absolute atomic E-state index is 0. The molecule has 0 bridgehead atoms. The Morgan fingerprint density at radius 2 is 2.00 bits per heavy atom. The maximum Gasteiger partial charge on any atom is 0.234 e. The van der Waals surface area contributed by atoms with Gasteiger partial charge in [0.05, 0.1) is 24.3 Å². The Kier molecular flexibility index (Phi) is 8.04. The van der Waals surface area contributed by atoms with Crippen LogP contribution in [0.3, 0.4) is 0 Å². The molecular weight excluding hydrogens is 386 g/mol. The summed E-state index contributed by atoms with van der Waals surface area (Å²) in [7, 11) is 1.64. The van der Waals surface area contributed by atoms with E-state index < -0.39 is 5.41 Å². The van der Waals surface area contributed by atoms with Gasteiger partial charge in [-0.3, -0.25) is 4.79 Å². The Morgan fingerprint density at radius 1 is 1.30 bits per heavy atom. The molecule has 0 spiro atoms. The fourth-order valence-corrected chi connectivity index (χ4v) is 3.92. The average Bonchev–Trinajstić information content (AvgIpc) is 3.12. The van der Waals surface area contributed by atoms with E-state index in [0.717, 1.165) is 42.9 Å². The standard InChI is InChI=1S/C19H25N3O3S.ClH/c1-3-25-15-6-4-14(5-7-15)16-12-26-18(21-16)22-17(23)19(13-24-2)8-10-20-11-9-19;/h4-7,12,20H,3,8-11,13H2,1-2H3,(H,21,22,23);1H. The van der Waals surface area contributed by atoms with Crippen molar-refractivity contribution in [3.05, 3.63) is 29.6 Å². The van der Waals surface area contributed by atoms with E-state index in [2.05, 4.69) is 15.6 Å². The van der Waals surface area contributed by atoms with Gasteiger partial charge in [0.25, 0.3) is 0 Å². The highest BCUT2D eigenvalue weighted by atomic mass is 35.5. The van der Waals surface area contributed by atoms with Crippen molar-refractivity contribution in [2.24, 2.45) is 5.41 Å². The Balaban J connectivity index is 0.00000261. The van der Waals surface area contributed by atoms with Crippen LogP contribution in [-0.2, 0) is 9.53 Å². The number of nitrogens with zero attached hydrogens (tertiary/aromatic N) is 1. The topological polar surface area (TPSA) is 72.5 Å². The maximum atomic E-state index is 12.9. The first-order valence-corrected chi connectivity index (χ1v) is 9.75. The summed E-state index contributed by atoms with van der Waals surface area (Å²) in [5, 5.41) is 8.87. The zero-order valence-electron chi connectivity index (χ0n) is 15.6. The predicted octanol–water partition coefficient (Wildman–Crippen LogP) is 3.59. The number of ether oxygens (including phenoxy) is 2. The number of thiazole rings is 1. The predicted molar refractivity (Wildman–Crippen MR) is 111 cm³/mol. The van der Waals surface area contributed by atoms with Gasteiger partial charge in [-0.2, -0.15) is 0 Å². The number of nitrogens with one attached hydrogen (secondary N) is 2. The number of carbonyl (C=O) groups excluding carboxylic acids is 1. The van der Waals surface area contributed by atoms with Crippen LogP contribution in [0, 0.1) is 5.41 Å². The lowest BCUT2D eigenvalue weighted by molar-refractivity contribution is -0.130. The minimum atomic E-state index is -0.481. The maximum absolute atomic E-state index is 12.9. The number of carbonyl (C=O) groups is 1. The second-order valence-corrected chi connectivity index (χ2v) is 7.27. The summed E-state index contributed by atoms with van der Waals surface area (Å²) in [6.07, 6.45) is 1.54. The molecule has 1 saturated heterocycles. The van der Waals surface area contributed by atoms with E-state index in [4.69, 9.17) is 9.47 Å². The average molecular weight is 412 g/mol. The number of amides is 1. The van der Waals surface area contributed by atoms with Crippen LogP contribution >= 0.6 is 23.7 Å². The van der Waals surface area contributed by atoms with E-state index in [1.807, 2.05) is 36.6 Å². The van der Waals surface area contributed by atoms with Crippen LogP contribution in [-0.4, -0.2) is 44.3 Å². The fraction of sp³-hybridized carbons (Fsp3) is 0.474. The van der Waals surface area contributed by atoms with E-state index in [1.165, 1.54) is 11.3 Å². The lowest BCUT2D eigenvalue weighted by Crippen LogP contribution is -2.47. The molecule has 27 heavy (non-hydrogen) atoms. The highest BCUT2D eigenvalue weighted by Gasteiger charge is 2.40. The molecule has 2 aromatic rings. The van der Waals surface area contributed by atoms with Gasteiger partial charge in [-0.1, -0.05) is 0 Å². The third-order valence-electron chi connectivity index (χ3n) is 4.65. The van der Waals surface area contributed by atoms with Crippen LogP contribution in [0.15, 0.2) is 29.6 Å². The summed E-state index contributed by atoms with van der Waals surface area (Å²) in [5.41, 5.74) is 1.36. The second-order valence-electron chi connectivity index (χ2n) is 6.41. The van der Waals surface area contributed by atoms with Crippen LogP contribution in [0.2, 0.25) is 0 Å². The Labute approximate surface area is 170 Å². The normalized spacial score (nSPS) is 15.6. The van der Waals surface area contributed by atoms with Crippen LogP contribution in [0.1, 0.15) is 19.8 Å². The van der Waals surface area contributed by atoms with Crippen molar-refractivity contribution in [1.82, 2.24) is 10.3 Å². The Bertz CT molecular complexity index is 725. The van der Waals surface area contributed by atoms with Crippen molar-refractivity contribution >= 4 is 34.8 Å². The van der Waals surface area contributed by atoms with Crippen molar-refractivity contribution in [2.75, 3.05) is 38.7 Å². The molecule has 8 heteroatoms. The SMILES string of the molecule is CCOc1ccc(-c2csc(NC(=O)C3(COC)CCNCC3)n2)cc1.Cl. The van der Waals surface area contributed by atoms with E-state index >= 15 is 0 Å². The molecule has 0 aliphatic carbocycles. The molecule has 2 N–H and O–H groups in total. The zero-order chi connectivity index (χ0) is 18.4. The molecule has 3 rings (SSSR count). The molecule has 2 heterocycles. The number of hydrogen-bond donors (Lipinski definition) is 2. The second kappa shape index (κ2) is 10.0. The molecular formula is C19H26ClN3O3S. The summed E-state index contributed by atoms with van der Waals surface area (Å²) in [5.74, 6) is 0.834. The highest BCUT2D eigenvalue weighted by Crippen LogP contribution is 2.32. The first-order chi connectivity index (χ1) is 12.7. The molecule has 1 aliphatic heterocycles. The van der Waals surface area contributed by atoms with E-state index in [1.54, 1.807) is 7.11 Å². The number of halogens is 1. The number of anilines is 1. The van der Waals surface area contributed by atoms with Crippen LogP contribution in [0.5, 0.6) is 5.75 Å². The number of benzene rings is 1. The minimum Gasteiger partial charge on any atom is -0.494 e. The molecule has 1 aromatic carbocycles. The molecule has 0 radical (unpaired) electrons. The Hall–Kier alpha value is -1.67. The molecule has 1 aliphatic rings. The van der Waals surface area contributed by atoms with Crippen LogP contribution in [0.4, 0.5) is 5.13 Å². The molecule has 0 atom stereocenters. The van der Waals surface area contributed by atoms with E-state index in [0.29, 0.717) is 18.3 Å². The van der Waals surface area contributed by atoms with Crippen molar-refractivity contribution < 1.29 is 14.3 Å². The zero-order valence-corrected chi connectivity index (χ0v) is 17.3. The summed E-state index contributed by atoms with van der Waals surface area (Å²) in [6.45, 7) is 4.68. The van der Waals surface area contributed by atoms with E-state index in [-0.39, 0.29) is 18.3 Å². The lowest BCUT2D eigenvalue weighted by Gasteiger charge is -2.35. The summed E-state index contributed by atoms with van der Waals surface area (Å²) >= 11 is 1.44. The number of hydrogen-bond acceptors (Lipinski definition) is 6. The molecule has 6 nitrogen and oxygen atoms in total. The third kappa shape index (κ3) is 5.19. The van der Waals surface area contributed by atoms with Crippen molar-refractivity contribution in [1.29, 1.82) is 0 Å². The molecule has 0 unspecified atom stereocenters. The summed E-state index contributed by atoms with van der Waals surface area (Å²) in [4.78, 5) is 17.4. The number of methoxy groups -OCH3 is 1. The largest absolute Gasteiger partial charge is 0.494 e. The third-order valence-corrected chi connectivity index (χ3v) is 5.41. The summed E-state index contributed by atoms with van der Waals surface area (Å²) in [6, 6.07) is 7.81. The number of piperidine rings is 1. The van der Waals surface area contributed by atoms with E-state index in [9.17, 15) is 4.79 Å². The quantitative estimate of drug-likeness (QED) is 0.728. The lowest BCUT2D eigenvalue weighted by atomic mass is 9.79. The first kappa shape index (κ1) is 21.6. The van der Waals surface area contributed by atoms with Crippen molar-refractivity contribution in [2.45, 2.75) is 19.8 Å². The highest BCUT2D eigenvalue weighted by molar-refractivity contribution is 7.14. The number of rotatable bonds is 7. The molecule has 1 amide bonds. The van der Waals surface area contributed by atoms with Gasteiger partial charge in [-0.25, -0.2) is 4.98 Å². The van der Waals surface area contributed by atoms with Crippen molar-refractivity contribution in [3.63, 3.8) is 0 Å². The van der Waals surface area contributed by atoms with Gasteiger partial charge in [0, 0.05) is 18.1 Å². The van der Waals surface area contributed by atoms with Crippen LogP contribution in [0.25, 0.3) is 11.3 Å². The van der Waals surface area contributed by atoms with Crippen molar-refractivity contribution in [3.8, 4) is 17.0 Å². The van der Waals surface area contributed by atoms with Crippen LogP contribution < -0.4 is 15.4 Å². The molecule has 1 aromatic heterocycles. The van der Waals surface area contributed by atoms with Gasteiger partial charge in [0.15, 0.2) is 5.13 Å². The Morgan fingerprint density at radius 3 is 2.63 bits per heavy atom. The molecule has 148 valence electrons. The fourth-order valence-electron chi connectivity index (χ4n) is 3.20.